The van der Waals surface area contributed by atoms with Crippen LogP contribution in [0.5, 0.6) is 0 Å². The van der Waals surface area contributed by atoms with Crippen molar-refractivity contribution in [3.63, 3.8) is 0 Å². The average Bonchev–Trinajstić information content (AvgIpc) is 2.92. The summed E-state index contributed by atoms with van der Waals surface area (Å²) in [7, 11) is 0. The highest BCUT2D eigenvalue weighted by Crippen LogP contribution is 2.13. The Bertz CT molecular complexity index is 565. The molecular weight excluding hydrogens is 244 g/mol. The van der Waals surface area contributed by atoms with Gasteiger partial charge in [-0.15, -0.1) is 0 Å². The molecule has 2 aromatic rings. The molecule has 6 nitrogen and oxygen atoms in total. The number of carbonyl (C=O) groups excluding carboxylic acids is 1. The van der Waals surface area contributed by atoms with Crippen molar-refractivity contribution >= 4 is 11.6 Å². The van der Waals surface area contributed by atoms with Crippen LogP contribution in [-0.4, -0.2) is 10.9 Å². The smallest absolute Gasteiger partial charge is 0.253 e. The zero-order valence-electron chi connectivity index (χ0n) is 10.6. The maximum absolute atomic E-state index is 12.0. The largest absolute Gasteiger partial charge is 0.444 e. The number of hydrogen-bond donors (Lipinski definition) is 3. The molecule has 0 saturated carbocycles. The van der Waals surface area contributed by atoms with Gasteiger partial charge in [-0.25, -0.2) is 4.98 Å². The second kappa shape index (κ2) is 6.01. The minimum atomic E-state index is -0.232. The molecule has 6 heteroatoms. The molecule has 0 atom stereocenters. The lowest BCUT2D eigenvalue weighted by Crippen LogP contribution is -2.24. The number of aromatic nitrogens is 1. The average molecular weight is 260 g/mol. The van der Waals surface area contributed by atoms with E-state index in [4.69, 9.17) is 10.3 Å². The van der Waals surface area contributed by atoms with Crippen LogP contribution in [0.25, 0.3) is 0 Å². The Morgan fingerprint density at radius 2 is 2.21 bits per heavy atom. The van der Waals surface area contributed by atoms with Crippen molar-refractivity contribution in [3.05, 3.63) is 47.7 Å². The minimum Gasteiger partial charge on any atom is -0.444 e. The molecule has 0 unspecified atom stereocenters. The number of amides is 1. The van der Waals surface area contributed by atoms with Crippen LogP contribution in [0.1, 0.15) is 28.9 Å². The maximum atomic E-state index is 12.0. The molecule has 100 valence electrons. The van der Waals surface area contributed by atoms with Gasteiger partial charge in [0.25, 0.3) is 5.91 Å². The van der Waals surface area contributed by atoms with E-state index in [0.29, 0.717) is 17.1 Å². The van der Waals surface area contributed by atoms with E-state index in [1.54, 1.807) is 30.5 Å². The number of rotatable bonds is 5. The fourth-order valence-corrected chi connectivity index (χ4v) is 1.65. The van der Waals surface area contributed by atoms with Gasteiger partial charge < -0.3 is 15.2 Å². The van der Waals surface area contributed by atoms with Gasteiger partial charge >= 0.3 is 0 Å². The lowest BCUT2D eigenvalue weighted by molar-refractivity contribution is 0.0948. The summed E-state index contributed by atoms with van der Waals surface area (Å²) < 4.78 is 5.41. The third-order valence-electron chi connectivity index (χ3n) is 2.68. The molecule has 19 heavy (non-hydrogen) atoms. The van der Waals surface area contributed by atoms with E-state index in [1.807, 2.05) is 6.92 Å². The molecule has 1 amide bonds. The molecule has 1 heterocycles. The van der Waals surface area contributed by atoms with E-state index in [0.717, 1.165) is 12.2 Å². The number of carbonyl (C=O) groups is 1. The van der Waals surface area contributed by atoms with Gasteiger partial charge in [0.05, 0.1) is 24.0 Å². The second-order valence-corrected chi connectivity index (χ2v) is 3.95. The molecule has 0 saturated heterocycles. The number of nitrogens with two attached hydrogens (primary N) is 1. The first-order valence-corrected chi connectivity index (χ1v) is 6.02. The Hall–Kier alpha value is -2.34. The summed E-state index contributed by atoms with van der Waals surface area (Å²) >= 11 is 0. The van der Waals surface area contributed by atoms with Crippen LogP contribution in [-0.2, 0) is 13.0 Å². The molecule has 0 radical (unpaired) electrons. The fraction of sp³-hybridized carbons (Fsp3) is 0.231. The Morgan fingerprint density at radius 1 is 1.42 bits per heavy atom. The molecular formula is C13H16N4O2. The molecule has 2 rings (SSSR count). The van der Waals surface area contributed by atoms with Crippen molar-refractivity contribution in [1.29, 1.82) is 0 Å². The van der Waals surface area contributed by atoms with Crippen LogP contribution in [0.3, 0.4) is 0 Å². The Morgan fingerprint density at radius 3 is 2.89 bits per heavy atom. The van der Waals surface area contributed by atoms with E-state index in [-0.39, 0.29) is 12.5 Å². The molecule has 0 fully saturated rings. The molecule has 0 spiro atoms. The Labute approximate surface area is 111 Å². The summed E-state index contributed by atoms with van der Waals surface area (Å²) in [5, 5.41) is 2.74. The van der Waals surface area contributed by atoms with E-state index < -0.39 is 0 Å². The van der Waals surface area contributed by atoms with E-state index in [2.05, 4.69) is 15.7 Å². The van der Waals surface area contributed by atoms with Crippen molar-refractivity contribution in [1.82, 2.24) is 10.3 Å². The van der Waals surface area contributed by atoms with Crippen LogP contribution >= 0.6 is 0 Å². The number of nitrogens with one attached hydrogen (secondary N) is 2. The van der Waals surface area contributed by atoms with Crippen molar-refractivity contribution < 1.29 is 9.21 Å². The number of benzene rings is 1. The molecule has 0 aliphatic carbocycles. The first-order valence-electron chi connectivity index (χ1n) is 6.02. The summed E-state index contributed by atoms with van der Waals surface area (Å²) in [4.78, 5) is 16.1. The van der Waals surface area contributed by atoms with Crippen LogP contribution in [0.15, 0.2) is 34.9 Å². The van der Waals surface area contributed by atoms with Gasteiger partial charge in [0, 0.05) is 6.42 Å². The first-order chi connectivity index (χ1) is 9.24. The Kier molecular flexibility index (Phi) is 4.15. The summed E-state index contributed by atoms with van der Waals surface area (Å²) in [6.45, 7) is 2.23. The summed E-state index contributed by atoms with van der Waals surface area (Å²) in [5.74, 6) is 6.41. The number of hydrazine groups is 1. The van der Waals surface area contributed by atoms with Crippen LogP contribution in [0.2, 0.25) is 0 Å². The topological polar surface area (TPSA) is 93.2 Å². The lowest BCUT2D eigenvalue weighted by Gasteiger charge is -2.08. The molecule has 1 aromatic heterocycles. The van der Waals surface area contributed by atoms with Crippen LogP contribution in [0, 0.1) is 0 Å². The highest BCUT2D eigenvalue weighted by Gasteiger charge is 2.11. The summed E-state index contributed by atoms with van der Waals surface area (Å²) in [5.41, 5.74) is 3.54. The number of aryl methyl sites for hydroxylation is 1. The SMILES string of the molecule is CCc1cnc(CNC(=O)c2ccccc2NN)o1. The number of nitrogens with zero attached hydrogens (tertiary/aromatic N) is 1. The van der Waals surface area contributed by atoms with E-state index in [9.17, 15) is 4.79 Å². The predicted octanol–water partition coefficient (Wildman–Crippen LogP) is 1.45. The monoisotopic (exact) mass is 260 g/mol. The van der Waals surface area contributed by atoms with E-state index in [1.165, 1.54) is 0 Å². The van der Waals surface area contributed by atoms with Gasteiger partial charge in [-0.2, -0.15) is 0 Å². The number of para-hydroxylation sites is 1. The fourth-order valence-electron chi connectivity index (χ4n) is 1.65. The first kappa shape index (κ1) is 13.1. The number of anilines is 1. The van der Waals surface area contributed by atoms with Gasteiger partial charge in [0.15, 0.2) is 0 Å². The third kappa shape index (κ3) is 3.11. The van der Waals surface area contributed by atoms with Gasteiger partial charge in [-0.3, -0.25) is 10.6 Å². The second-order valence-electron chi connectivity index (χ2n) is 3.95. The van der Waals surface area contributed by atoms with E-state index >= 15 is 0 Å². The number of hydrogen-bond acceptors (Lipinski definition) is 5. The van der Waals surface area contributed by atoms with Crippen LogP contribution < -0.4 is 16.6 Å². The normalized spacial score (nSPS) is 10.2. The molecule has 1 aromatic carbocycles. The number of oxazole rings is 1. The van der Waals surface area contributed by atoms with Crippen molar-refractivity contribution in [2.75, 3.05) is 5.43 Å². The Balaban J connectivity index is 2.01. The quantitative estimate of drug-likeness (QED) is 0.559. The minimum absolute atomic E-state index is 0.232. The van der Waals surface area contributed by atoms with Gasteiger partial charge in [0.1, 0.15) is 5.76 Å². The molecule has 0 aliphatic heterocycles. The van der Waals surface area contributed by atoms with Gasteiger partial charge in [0.2, 0.25) is 5.89 Å². The zero-order valence-corrected chi connectivity index (χ0v) is 10.6. The third-order valence-corrected chi connectivity index (χ3v) is 2.68. The molecule has 0 aliphatic rings. The maximum Gasteiger partial charge on any atom is 0.253 e. The van der Waals surface area contributed by atoms with Crippen molar-refractivity contribution in [2.45, 2.75) is 19.9 Å². The highest BCUT2D eigenvalue weighted by molar-refractivity contribution is 5.99. The lowest BCUT2D eigenvalue weighted by atomic mass is 10.1. The van der Waals surface area contributed by atoms with Gasteiger partial charge in [-0.05, 0) is 12.1 Å². The zero-order chi connectivity index (χ0) is 13.7. The molecule has 0 bridgehead atoms. The van der Waals surface area contributed by atoms with Crippen molar-refractivity contribution in [3.8, 4) is 0 Å². The molecule has 4 N–H and O–H groups in total. The summed E-state index contributed by atoms with van der Waals surface area (Å²) in [6.07, 6.45) is 2.44. The predicted molar refractivity (Wildman–Crippen MR) is 71.3 cm³/mol. The van der Waals surface area contributed by atoms with Crippen LogP contribution in [0.4, 0.5) is 5.69 Å². The summed E-state index contributed by atoms with van der Waals surface area (Å²) in [6, 6.07) is 7.00. The van der Waals surface area contributed by atoms with Crippen molar-refractivity contribution in [2.24, 2.45) is 5.84 Å². The van der Waals surface area contributed by atoms with Gasteiger partial charge in [-0.1, -0.05) is 19.1 Å². The number of nitrogen functional groups attached to an aromatic ring is 1. The standard InChI is InChI=1S/C13H16N4O2/c1-2-9-7-15-12(19-9)8-16-13(18)10-5-3-4-6-11(10)17-14/h3-7,17H,2,8,14H2,1H3,(H,16,18). The highest BCUT2D eigenvalue weighted by atomic mass is 16.4.